The van der Waals surface area contributed by atoms with Crippen LogP contribution in [-0.2, 0) is 17.9 Å². The molecule has 1 N–H and O–H groups in total. The van der Waals surface area contributed by atoms with Gasteiger partial charge in [0.15, 0.2) is 0 Å². The van der Waals surface area contributed by atoms with E-state index in [0.717, 1.165) is 16.8 Å². The highest BCUT2D eigenvalue weighted by molar-refractivity contribution is 5.94. The number of carbonyl (C=O) groups is 1. The second kappa shape index (κ2) is 8.76. The Kier molecular flexibility index (Phi) is 5.91. The van der Waals surface area contributed by atoms with Gasteiger partial charge in [-0.2, -0.15) is 0 Å². The molecule has 0 spiro atoms. The summed E-state index contributed by atoms with van der Waals surface area (Å²) in [4.78, 5) is 18.6. The molecule has 25 heavy (non-hydrogen) atoms. The first-order valence-corrected chi connectivity index (χ1v) is 8.32. The molecule has 1 amide bonds. The van der Waals surface area contributed by atoms with Crippen molar-refractivity contribution < 1.29 is 4.79 Å². The maximum atomic E-state index is 12.8. The summed E-state index contributed by atoms with van der Waals surface area (Å²) in [6, 6.07) is 23.7. The Morgan fingerprint density at radius 1 is 0.840 bits per heavy atom. The van der Waals surface area contributed by atoms with Crippen molar-refractivity contribution in [1.29, 1.82) is 0 Å². The third-order valence-electron chi connectivity index (χ3n) is 3.91. The van der Waals surface area contributed by atoms with E-state index >= 15 is 0 Å². The lowest BCUT2D eigenvalue weighted by atomic mass is 10.2. The zero-order chi connectivity index (χ0) is 17.3. The van der Waals surface area contributed by atoms with Crippen LogP contribution in [-0.4, -0.2) is 17.4 Å². The molecule has 1 heterocycles. The van der Waals surface area contributed by atoms with Crippen LogP contribution in [0.15, 0.2) is 85.2 Å². The Hall–Kier alpha value is -2.98. The first-order chi connectivity index (χ1) is 12.3. The van der Waals surface area contributed by atoms with E-state index in [4.69, 9.17) is 0 Å². The van der Waals surface area contributed by atoms with Crippen molar-refractivity contribution in [3.63, 3.8) is 0 Å². The van der Waals surface area contributed by atoms with Crippen LogP contribution in [0.2, 0.25) is 0 Å². The zero-order valence-electron chi connectivity index (χ0n) is 14.0. The van der Waals surface area contributed by atoms with Crippen molar-refractivity contribution in [2.75, 3.05) is 11.4 Å². The van der Waals surface area contributed by atoms with E-state index in [1.54, 1.807) is 12.4 Å². The predicted octanol–water partition coefficient (Wildman–Crippen LogP) is 3.40. The second-order valence-electron chi connectivity index (χ2n) is 5.76. The Labute approximate surface area is 148 Å². The summed E-state index contributed by atoms with van der Waals surface area (Å²) in [5.74, 6) is 0.0455. The van der Waals surface area contributed by atoms with Gasteiger partial charge in [0.2, 0.25) is 5.91 Å². The molecule has 0 bridgehead atoms. The number of hydrogen-bond donors (Lipinski definition) is 1. The second-order valence-corrected chi connectivity index (χ2v) is 5.76. The number of para-hydroxylation sites is 1. The summed E-state index contributed by atoms with van der Waals surface area (Å²) in [5.41, 5.74) is 3.12. The van der Waals surface area contributed by atoms with Crippen LogP contribution in [0.4, 0.5) is 5.69 Å². The maximum absolute atomic E-state index is 12.8. The van der Waals surface area contributed by atoms with Gasteiger partial charge in [0.1, 0.15) is 0 Å². The largest absolute Gasteiger partial charge is 0.307 e. The molecule has 3 rings (SSSR count). The highest BCUT2D eigenvalue weighted by atomic mass is 16.2. The first-order valence-electron chi connectivity index (χ1n) is 8.32. The molecule has 0 aliphatic heterocycles. The number of rotatable bonds is 7. The minimum atomic E-state index is 0.0455. The Balaban J connectivity index is 1.67. The molecule has 0 aliphatic carbocycles. The number of hydrogen-bond acceptors (Lipinski definition) is 3. The Morgan fingerprint density at radius 2 is 1.48 bits per heavy atom. The molecule has 4 nitrogen and oxygen atoms in total. The normalized spacial score (nSPS) is 10.4. The van der Waals surface area contributed by atoms with Crippen LogP contribution < -0.4 is 10.2 Å². The summed E-state index contributed by atoms with van der Waals surface area (Å²) in [7, 11) is 0. The third-order valence-corrected chi connectivity index (χ3v) is 3.91. The molecule has 0 radical (unpaired) electrons. The molecule has 3 aromatic rings. The molecule has 0 atom stereocenters. The van der Waals surface area contributed by atoms with Gasteiger partial charge >= 0.3 is 0 Å². The van der Waals surface area contributed by atoms with Crippen molar-refractivity contribution in [1.82, 2.24) is 10.3 Å². The minimum absolute atomic E-state index is 0.0455. The summed E-state index contributed by atoms with van der Waals surface area (Å²) < 4.78 is 0. The molecular formula is C21H21N3O. The lowest BCUT2D eigenvalue weighted by Gasteiger charge is -2.23. The van der Waals surface area contributed by atoms with Crippen molar-refractivity contribution in [3.8, 4) is 0 Å². The van der Waals surface area contributed by atoms with Crippen molar-refractivity contribution >= 4 is 11.6 Å². The van der Waals surface area contributed by atoms with Crippen LogP contribution in [0, 0.1) is 0 Å². The first kappa shape index (κ1) is 16.9. The van der Waals surface area contributed by atoms with Gasteiger partial charge in [0.05, 0.1) is 13.1 Å². The van der Waals surface area contributed by atoms with Crippen LogP contribution in [0.5, 0.6) is 0 Å². The fourth-order valence-corrected chi connectivity index (χ4v) is 2.61. The standard InChI is InChI=1S/C21H21N3O/c25-21(16-23-15-18-11-13-22-14-12-18)24(20-9-5-2-6-10-20)17-19-7-3-1-4-8-19/h1-14,23H,15-17H2. The number of amides is 1. The summed E-state index contributed by atoms with van der Waals surface area (Å²) in [6.07, 6.45) is 3.51. The lowest BCUT2D eigenvalue weighted by Crippen LogP contribution is -2.37. The molecular weight excluding hydrogens is 310 g/mol. The van der Waals surface area contributed by atoms with Crippen molar-refractivity contribution in [2.24, 2.45) is 0 Å². The Morgan fingerprint density at radius 3 is 2.16 bits per heavy atom. The summed E-state index contributed by atoms with van der Waals surface area (Å²) in [5, 5.41) is 3.22. The van der Waals surface area contributed by atoms with Gasteiger partial charge in [-0.15, -0.1) is 0 Å². The number of anilines is 1. The third kappa shape index (κ3) is 4.99. The van der Waals surface area contributed by atoms with Crippen molar-refractivity contribution in [3.05, 3.63) is 96.3 Å². The minimum Gasteiger partial charge on any atom is -0.307 e. The summed E-state index contributed by atoms with van der Waals surface area (Å²) in [6.45, 7) is 1.48. The van der Waals surface area contributed by atoms with Gasteiger partial charge in [0, 0.05) is 24.6 Å². The molecule has 0 unspecified atom stereocenters. The van der Waals surface area contributed by atoms with Crippen LogP contribution >= 0.6 is 0 Å². The maximum Gasteiger partial charge on any atom is 0.241 e. The fraction of sp³-hybridized carbons (Fsp3) is 0.143. The van der Waals surface area contributed by atoms with E-state index in [2.05, 4.69) is 10.3 Å². The number of carbonyl (C=O) groups excluding carboxylic acids is 1. The van der Waals surface area contributed by atoms with Gasteiger partial charge in [-0.25, -0.2) is 0 Å². The lowest BCUT2D eigenvalue weighted by molar-refractivity contribution is -0.118. The highest BCUT2D eigenvalue weighted by Gasteiger charge is 2.15. The molecule has 1 aromatic heterocycles. The van der Waals surface area contributed by atoms with Gasteiger partial charge in [-0.3, -0.25) is 9.78 Å². The smallest absolute Gasteiger partial charge is 0.241 e. The van der Waals surface area contributed by atoms with E-state index in [0.29, 0.717) is 13.1 Å². The van der Waals surface area contributed by atoms with E-state index in [-0.39, 0.29) is 12.5 Å². The van der Waals surface area contributed by atoms with Gasteiger partial charge in [0.25, 0.3) is 0 Å². The average Bonchev–Trinajstić information content (AvgIpc) is 2.68. The average molecular weight is 331 g/mol. The molecule has 0 aliphatic rings. The SMILES string of the molecule is O=C(CNCc1ccncc1)N(Cc1ccccc1)c1ccccc1. The number of benzene rings is 2. The molecule has 2 aromatic carbocycles. The Bertz CT molecular complexity index is 776. The molecule has 0 saturated heterocycles. The predicted molar refractivity (Wildman–Crippen MR) is 100 cm³/mol. The van der Waals surface area contributed by atoms with Gasteiger partial charge in [-0.1, -0.05) is 48.5 Å². The number of nitrogens with zero attached hydrogens (tertiary/aromatic N) is 2. The topological polar surface area (TPSA) is 45.2 Å². The quantitative estimate of drug-likeness (QED) is 0.722. The van der Waals surface area contributed by atoms with E-state index in [1.807, 2.05) is 77.7 Å². The van der Waals surface area contributed by atoms with Gasteiger partial charge < -0.3 is 10.2 Å². The number of pyridine rings is 1. The summed E-state index contributed by atoms with van der Waals surface area (Å²) >= 11 is 0. The monoisotopic (exact) mass is 331 g/mol. The van der Waals surface area contributed by atoms with Crippen LogP contribution in [0.3, 0.4) is 0 Å². The zero-order valence-corrected chi connectivity index (χ0v) is 14.0. The number of nitrogens with one attached hydrogen (secondary N) is 1. The van der Waals surface area contributed by atoms with E-state index < -0.39 is 0 Å². The highest BCUT2D eigenvalue weighted by Crippen LogP contribution is 2.17. The van der Waals surface area contributed by atoms with E-state index in [1.165, 1.54) is 0 Å². The molecule has 0 saturated carbocycles. The van der Waals surface area contributed by atoms with E-state index in [9.17, 15) is 4.79 Å². The fourth-order valence-electron chi connectivity index (χ4n) is 2.61. The van der Waals surface area contributed by atoms with Crippen molar-refractivity contribution in [2.45, 2.75) is 13.1 Å². The molecule has 126 valence electrons. The van der Waals surface area contributed by atoms with Crippen LogP contribution in [0.1, 0.15) is 11.1 Å². The molecule has 0 fully saturated rings. The number of aromatic nitrogens is 1. The van der Waals surface area contributed by atoms with Gasteiger partial charge in [-0.05, 0) is 35.4 Å². The molecule has 4 heteroatoms. The van der Waals surface area contributed by atoms with Crippen LogP contribution in [0.25, 0.3) is 0 Å².